The van der Waals surface area contributed by atoms with E-state index in [0.29, 0.717) is 17.7 Å². The van der Waals surface area contributed by atoms with Gasteiger partial charge in [-0.3, -0.25) is 4.79 Å². The molecule has 0 spiro atoms. The zero-order chi connectivity index (χ0) is 15.2. The first kappa shape index (κ1) is 16.2. The number of carbonyl (C=O) groups excluding carboxylic acids is 1. The van der Waals surface area contributed by atoms with E-state index in [1.165, 1.54) is 19.3 Å². The van der Waals surface area contributed by atoms with Gasteiger partial charge in [0.2, 0.25) is 0 Å². The van der Waals surface area contributed by atoms with Crippen LogP contribution in [0.2, 0.25) is 5.02 Å². The summed E-state index contributed by atoms with van der Waals surface area (Å²) in [6.07, 6.45) is 5.60. The van der Waals surface area contributed by atoms with Crippen LogP contribution in [0.4, 0.5) is 0 Å². The van der Waals surface area contributed by atoms with Crippen molar-refractivity contribution in [2.75, 3.05) is 6.61 Å². The third-order valence-electron chi connectivity index (χ3n) is 4.23. The Balaban J connectivity index is 1.83. The first-order valence-electron chi connectivity index (χ1n) is 7.80. The molecule has 0 bridgehead atoms. The molecule has 116 valence electrons. The van der Waals surface area contributed by atoms with Gasteiger partial charge < -0.3 is 10.1 Å². The largest absolute Gasteiger partial charge is 0.484 e. The predicted molar refractivity (Wildman–Crippen MR) is 85.9 cm³/mol. The highest BCUT2D eigenvalue weighted by Gasteiger charge is 2.22. The van der Waals surface area contributed by atoms with Gasteiger partial charge in [-0.1, -0.05) is 38.3 Å². The lowest BCUT2D eigenvalue weighted by atomic mass is 9.86. The molecule has 1 aliphatic rings. The molecule has 0 aromatic heterocycles. The maximum Gasteiger partial charge on any atom is 0.258 e. The van der Waals surface area contributed by atoms with Crippen molar-refractivity contribution in [3.8, 4) is 5.75 Å². The number of carbonyl (C=O) groups is 1. The van der Waals surface area contributed by atoms with Gasteiger partial charge in [-0.25, -0.2) is 0 Å². The van der Waals surface area contributed by atoms with Crippen LogP contribution in [0.3, 0.4) is 0 Å². The highest BCUT2D eigenvalue weighted by molar-refractivity contribution is 6.31. The molecular formula is C17H24ClNO2. The van der Waals surface area contributed by atoms with Crippen molar-refractivity contribution in [2.45, 2.75) is 52.0 Å². The summed E-state index contributed by atoms with van der Waals surface area (Å²) in [6.45, 7) is 4.31. The maximum absolute atomic E-state index is 12.0. The van der Waals surface area contributed by atoms with Crippen molar-refractivity contribution < 1.29 is 9.53 Å². The highest BCUT2D eigenvalue weighted by Crippen LogP contribution is 2.24. The molecule has 2 atom stereocenters. The van der Waals surface area contributed by atoms with E-state index < -0.39 is 0 Å². The molecule has 1 aliphatic carbocycles. The van der Waals surface area contributed by atoms with Gasteiger partial charge in [-0.2, -0.15) is 0 Å². The molecule has 1 amide bonds. The van der Waals surface area contributed by atoms with E-state index in [-0.39, 0.29) is 12.5 Å². The first-order valence-corrected chi connectivity index (χ1v) is 8.18. The third kappa shape index (κ3) is 4.63. The number of hydrogen-bond acceptors (Lipinski definition) is 2. The summed E-state index contributed by atoms with van der Waals surface area (Å²) in [5.74, 6) is 1.22. The number of benzene rings is 1. The molecule has 1 saturated carbocycles. The van der Waals surface area contributed by atoms with Gasteiger partial charge in [0.1, 0.15) is 5.75 Å². The summed E-state index contributed by atoms with van der Waals surface area (Å²) in [4.78, 5) is 12.0. The molecule has 1 aromatic carbocycles. The van der Waals surface area contributed by atoms with Crippen molar-refractivity contribution in [1.82, 2.24) is 5.32 Å². The average Bonchev–Trinajstić information content (AvgIpc) is 2.49. The van der Waals surface area contributed by atoms with Gasteiger partial charge in [0.05, 0.1) is 0 Å². The molecule has 0 aliphatic heterocycles. The summed E-state index contributed by atoms with van der Waals surface area (Å²) in [6, 6.07) is 5.82. The molecule has 4 heteroatoms. The van der Waals surface area contributed by atoms with E-state index in [1.807, 2.05) is 19.1 Å². The molecule has 0 saturated heterocycles. The second-order valence-corrected chi connectivity index (χ2v) is 6.24. The molecule has 0 radical (unpaired) electrons. The monoisotopic (exact) mass is 309 g/mol. The fourth-order valence-electron chi connectivity index (χ4n) is 2.84. The zero-order valence-corrected chi connectivity index (χ0v) is 13.6. The van der Waals surface area contributed by atoms with Crippen LogP contribution in [-0.2, 0) is 11.2 Å². The lowest BCUT2D eigenvalue weighted by molar-refractivity contribution is -0.124. The van der Waals surface area contributed by atoms with Crippen LogP contribution in [0.15, 0.2) is 18.2 Å². The van der Waals surface area contributed by atoms with E-state index >= 15 is 0 Å². The van der Waals surface area contributed by atoms with Crippen molar-refractivity contribution in [3.63, 3.8) is 0 Å². The van der Waals surface area contributed by atoms with Crippen LogP contribution in [-0.4, -0.2) is 18.6 Å². The number of aryl methyl sites for hydroxylation is 1. The second-order valence-electron chi connectivity index (χ2n) is 5.83. The van der Waals surface area contributed by atoms with Crippen LogP contribution in [0.5, 0.6) is 5.75 Å². The van der Waals surface area contributed by atoms with E-state index in [4.69, 9.17) is 16.3 Å². The Morgan fingerprint density at radius 1 is 1.38 bits per heavy atom. The molecule has 1 aromatic rings. The Kier molecular flexibility index (Phi) is 5.92. The van der Waals surface area contributed by atoms with Crippen LogP contribution < -0.4 is 10.1 Å². The Bertz CT molecular complexity index is 490. The molecule has 0 heterocycles. The second kappa shape index (κ2) is 7.69. The smallest absolute Gasteiger partial charge is 0.258 e. The number of ether oxygens (including phenoxy) is 1. The molecule has 3 nitrogen and oxygen atoms in total. The Hall–Kier alpha value is -1.22. The number of nitrogens with one attached hydrogen (secondary N) is 1. The lowest BCUT2D eigenvalue weighted by Gasteiger charge is -2.29. The predicted octanol–water partition coefficient (Wildman–Crippen LogP) is 3.98. The topological polar surface area (TPSA) is 38.3 Å². The minimum absolute atomic E-state index is 0.0400. The molecule has 1 N–H and O–H groups in total. The Morgan fingerprint density at radius 3 is 2.86 bits per heavy atom. The first-order chi connectivity index (χ1) is 10.1. The zero-order valence-electron chi connectivity index (χ0n) is 12.8. The van der Waals surface area contributed by atoms with E-state index in [9.17, 15) is 4.79 Å². The standard InChI is InChI=1S/C17H24ClNO2/c1-3-13-10-14(8-9-15(13)18)21-11-17(20)19-16-7-5-4-6-12(16)2/h8-10,12,16H,3-7,11H2,1-2H3,(H,19,20)/t12-,16-/m0/s1. The van der Waals surface area contributed by atoms with Crippen molar-refractivity contribution >= 4 is 17.5 Å². The van der Waals surface area contributed by atoms with E-state index in [0.717, 1.165) is 23.4 Å². The number of hydrogen-bond donors (Lipinski definition) is 1. The van der Waals surface area contributed by atoms with Crippen LogP contribution in [0, 0.1) is 5.92 Å². The quantitative estimate of drug-likeness (QED) is 0.893. The van der Waals surface area contributed by atoms with Crippen LogP contribution >= 0.6 is 11.6 Å². The van der Waals surface area contributed by atoms with Gasteiger partial charge in [-0.05, 0) is 48.9 Å². The van der Waals surface area contributed by atoms with Crippen molar-refractivity contribution in [2.24, 2.45) is 5.92 Å². The van der Waals surface area contributed by atoms with Gasteiger partial charge >= 0.3 is 0 Å². The fraction of sp³-hybridized carbons (Fsp3) is 0.588. The number of rotatable bonds is 5. The fourth-order valence-corrected chi connectivity index (χ4v) is 3.09. The summed E-state index contributed by atoms with van der Waals surface area (Å²) < 4.78 is 5.57. The van der Waals surface area contributed by atoms with Gasteiger partial charge in [0.25, 0.3) is 5.91 Å². The minimum Gasteiger partial charge on any atom is -0.484 e. The molecule has 1 fully saturated rings. The van der Waals surface area contributed by atoms with Gasteiger partial charge in [0.15, 0.2) is 6.61 Å². The molecule has 2 rings (SSSR count). The summed E-state index contributed by atoms with van der Waals surface area (Å²) in [7, 11) is 0. The van der Waals surface area contributed by atoms with Crippen LogP contribution in [0.1, 0.15) is 45.1 Å². The maximum atomic E-state index is 12.0. The number of amides is 1. The molecule has 21 heavy (non-hydrogen) atoms. The third-order valence-corrected chi connectivity index (χ3v) is 4.59. The van der Waals surface area contributed by atoms with Crippen LogP contribution in [0.25, 0.3) is 0 Å². The van der Waals surface area contributed by atoms with Gasteiger partial charge in [0, 0.05) is 11.1 Å². The SMILES string of the molecule is CCc1cc(OCC(=O)N[C@H]2CCCC[C@@H]2C)ccc1Cl. The summed E-state index contributed by atoms with van der Waals surface area (Å²) in [5, 5.41) is 3.83. The molecular weight excluding hydrogens is 286 g/mol. The van der Waals surface area contributed by atoms with Crippen molar-refractivity contribution in [1.29, 1.82) is 0 Å². The van der Waals surface area contributed by atoms with Gasteiger partial charge in [-0.15, -0.1) is 0 Å². The average molecular weight is 310 g/mol. The highest BCUT2D eigenvalue weighted by atomic mass is 35.5. The minimum atomic E-state index is -0.0400. The summed E-state index contributed by atoms with van der Waals surface area (Å²) in [5.41, 5.74) is 1.04. The Labute approximate surface area is 132 Å². The lowest BCUT2D eigenvalue weighted by Crippen LogP contribution is -2.43. The normalized spacial score (nSPS) is 21.9. The van der Waals surface area contributed by atoms with E-state index in [2.05, 4.69) is 12.2 Å². The molecule has 0 unspecified atom stereocenters. The number of halogens is 1. The summed E-state index contributed by atoms with van der Waals surface area (Å²) >= 11 is 6.07. The van der Waals surface area contributed by atoms with E-state index in [1.54, 1.807) is 6.07 Å². The van der Waals surface area contributed by atoms with Crippen molar-refractivity contribution in [3.05, 3.63) is 28.8 Å². The Morgan fingerprint density at radius 2 is 2.14 bits per heavy atom.